The SMILES string of the molecule is C[C@@]12SC(c3ccccc3)=CC1=C1C(=C3C=C(c4ccc(COC(=O)Nc5ccccc5)cc4)S[C@]32C)C(F)(F)C(F)(F)C1(F)F. The Bertz CT molecular complexity index is 1890. The number of amides is 1. The first-order valence-electron chi connectivity index (χ1n) is 14.3. The van der Waals surface area contributed by atoms with Gasteiger partial charge in [0.25, 0.3) is 0 Å². The molecule has 3 aromatic carbocycles. The van der Waals surface area contributed by atoms with E-state index in [-0.39, 0.29) is 17.8 Å². The van der Waals surface area contributed by atoms with E-state index in [2.05, 4.69) is 5.32 Å². The van der Waals surface area contributed by atoms with Crippen molar-refractivity contribution < 1.29 is 35.9 Å². The van der Waals surface area contributed by atoms with E-state index in [1.807, 2.05) is 6.07 Å². The van der Waals surface area contributed by atoms with Crippen molar-refractivity contribution in [3.63, 3.8) is 0 Å². The molecule has 1 fully saturated rings. The van der Waals surface area contributed by atoms with Crippen molar-refractivity contribution in [3.8, 4) is 0 Å². The van der Waals surface area contributed by atoms with Crippen molar-refractivity contribution in [1.29, 1.82) is 0 Å². The van der Waals surface area contributed by atoms with E-state index in [4.69, 9.17) is 4.74 Å². The summed E-state index contributed by atoms with van der Waals surface area (Å²) in [4.78, 5) is 13.2. The van der Waals surface area contributed by atoms with Gasteiger partial charge < -0.3 is 4.74 Å². The summed E-state index contributed by atoms with van der Waals surface area (Å²) in [5.41, 5.74) is -0.535. The van der Waals surface area contributed by atoms with Crippen LogP contribution in [0.1, 0.15) is 30.5 Å². The molecule has 3 aromatic rings. The highest BCUT2D eigenvalue weighted by Gasteiger charge is 2.84. The van der Waals surface area contributed by atoms with Crippen LogP contribution in [0.3, 0.4) is 0 Å². The number of ether oxygens (including phenoxy) is 1. The number of alkyl halides is 6. The van der Waals surface area contributed by atoms with Gasteiger partial charge in [-0.05, 0) is 66.0 Å². The normalized spacial score (nSPS) is 26.6. The summed E-state index contributed by atoms with van der Waals surface area (Å²) in [7, 11) is 0. The molecule has 3 nitrogen and oxygen atoms in total. The van der Waals surface area contributed by atoms with Gasteiger partial charge in [-0.25, -0.2) is 4.79 Å². The summed E-state index contributed by atoms with van der Waals surface area (Å²) in [5.74, 6) is -15.8. The van der Waals surface area contributed by atoms with Gasteiger partial charge in [0.15, 0.2) is 0 Å². The van der Waals surface area contributed by atoms with Crippen LogP contribution in [0.5, 0.6) is 0 Å². The van der Waals surface area contributed by atoms with E-state index in [0.29, 0.717) is 32.2 Å². The summed E-state index contributed by atoms with van der Waals surface area (Å²) < 4.78 is 95.1. The van der Waals surface area contributed by atoms with Crippen molar-refractivity contribution in [1.82, 2.24) is 0 Å². The zero-order valence-corrected chi connectivity index (χ0v) is 26.0. The second kappa shape index (κ2) is 10.3. The standard InChI is InChI=1S/C35H25F6NO2S2/c1-31-24(17-26(45-31)21-9-5-3-6-10-21)28-29(34(38,39)35(40,41)33(28,36)37)25-18-27(46-32(25,31)2)22-15-13-20(14-16-22)19-44-30(43)42-23-11-7-4-8-12-23/h3-18H,19H2,1-2H3,(H,42,43)/t31-,32-/m1/s1. The second-order valence-corrected chi connectivity index (χ2v) is 14.6. The molecule has 2 atom stereocenters. The molecule has 0 spiro atoms. The predicted octanol–water partition coefficient (Wildman–Crippen LogP) is 10.4. The number of rotatable bonds is 5. The zero-order valence-electron chi connectivity index (χ0n) is 24.3. The first-order valence-corrected chi connectivity index (χ1v) is 15.9. The lowest BCUT2D eigenvalue weighted by molar-refractivity contribution is -0.258. The van der Waals surface area contributed by atoms with Crippen LogP contribution in [0.4, 0.5) is 36.8 Å². The lowest BCUT2D eigenvalue weighted by Gasteiger charge is -2.47. The third kappa shape index (κ3) is 4.27. The fourth-order valence-corrected chi connectivity index (χ4v) is 9.53. The molecule has 7 rings (SSSR count). The second-order valence-electron chi connectivity index (χ2n) is 11.7. The van der Waals surface area contributed by atoms with Crippen molar-refractivity contribution in [2.24, 2.45) is 0 Å². The van der Waals surface area contributed by atoms with Gasteiger partial charge in [0.05, 0.1) is 9.49 Å². The first-order chi connectivity index (χ1) is 21.7. The van der Waals surface area contributed by atoms with Gasteiger partial charge in [-0.1, -0.05) is 72.8 Å². The van der Waals surface area contributed by atoms with Crippen LogP contribution in [0.15, 0.2) is 119 Å². The fourth-order valence-electron chi connectivity index (χ4n) is 6.39. The molecule has 4 aliphatic rings. The smallest absolute Gasteiger partial charge is 0.411 e. The third-order valence-corrected chi connectivity index (χ3v) is 12.4. The topological polar surface area (TPSA) is 38.3 Å². The molecule has 0 aromatic heterocycles. The zero-order chi connectivity index (χ0) is 32.7. The van der Waals surface area contributed by atoms with E-state index < -0.39 is 44.5 Å². The number of nitrogens with one attached hydrogen (secondary N) is 1. The molecule has 1 amide bonds. The number of fused-ring (bicyclic) bond motifs is 4. The molecule has 1 saturated carbocycles. The third-order valence-electron chi connectivity index (χ3n) is 9.01. The van der Waals surface area contributed by atoms with Crippen LogP contribution in [-0.4, -0.2) is 33.4 Å². The van der Waals surface area contributed by atoms with E-state index >= 15 is 26.3 Å². The minimum atomic E-state index is -5.61. The Kier molecular flexibility index (Phi) is 6.92. The van der Waals surface area contributed by atoms with Gasteiger partial charge in [-0.15, -0.1) is 23.5 Å². The number of hydrogen-bond acceptors (Lipinski definition) is 4. The average Bonchev–Trinajstić information content (AvgIpc) is 3.61. The van der Waals surface area contributed by atoms with E-state index in [1.54, 1.807) is 92.7 Å². The Hall–Kier alpha value is -3.83. The minimum absolute atomic E-state index is 0.0478. The molecule has 0 unspecified atom stereocenters. The number of anilines is 1. The van der Waals surface area contributed by atoms with E-state index in [9.17, 15) is 4.79 Å². The highest BCUT2D eigenvalue weighted by atomic mass is 32.2. The van der Waals surface area contributed by atoms with Crippen LogP contribution >= 0.6 is 23.5 Å². The van der Waals surface area contributed by atoms with Crippen molar-refractivity contribution in [3.05, 3.63) is 136 Å². The van der Waals surface area contributed by atoms with Gasteiger partial charge in [0.1, 0.15) is 6.61 Å². The molecule has 46 heavy (non-hydrogen) atoms. The summed E-state index contributed by atoms with van der Waals surface area (Å²) in [6.07, 6.45) is 2.09. The van der Waals surface area contributed by atoms with Crippen molar-refractivity contribution in [2.45, 2.75) is 47.7 Å². The maximum Gasteiger partial charge on any atom is 0.411 e. The van der Waals surface area contributed by atoms with Crippen molar-refractivity contribution >= 4 is 45.1 Å². The van der Waals surface area contributed by atoms with Gasteiger partial charge in [0, 0.05) is 26.6 Å². The molecule has 1 N–H and O–H groups in total. The molecule has 2 aliphatic carbocycles. The number of halogens is 6. The lowest BCUT2D eigenvalue weighted by atomic mass is 9.71. The average molecular weight is 670 g/mol. The fraction of sp³-hybridized carbons (Fsp3) is 0.229. The summed E-state index contributed by atoms with van der Waals surface area (Å²) in [6, 6.07) is 24.4. The monoisotopic (exact) mass is 669 g/mol. The van der Waals surface area contributed by atoms with Gasteiger partial charge >= 0.3 is 23.9 Å². The summed E-state index contributed by atoms with van der Waals surface area (Å²) >= 11 is 2.42. The number of thioether (sulfide) groups is 2. The first kappa shape index (κ1) is 30.8. The Morgan fingerprint density at radius 3 is 1.63 bits per heavy atom. The molecule has 2 heterocycles. The summed E-state index contributed by atoms with van der Waals surface area (Å²) in [6.45, 7) is 3.28. The highest BCUT2D eigenvalue weighted by molar-refractivity contribution is 8.14. The van der Waals surface area contributed by atoms with Crippen LogP contribution in [0.25, 0.3) is 9.81 Å². The van der Waals surface area contributed by atoms with Crippen molar-refractivity contribution in [2.75, 3.05) is 5.32 Å². The van der Waals surface area contributed by atoms with Crippen LogP contribution in [-0.2, 0) is 11.3 Å². The molecule has 2 aliphatic heterocycles. The molecule has 0 bridgehead atoms. The van der Waals surface area contributed by atoms with E-state index in [0.717, 1.165) is 0 Å². The Morgan fingerprint density at radius 2 is 1.13 bits per heavy atom. The Labute approximate surface area is 269 Å². The number of para-hydroxylation sites is 1. The molecular weight excluding hydrogens is 645 g/mol. The molecule has 0 saturated heterocycles. The molecule has 0 radical (unpaired) electrons. The molecular formula is C35H25F6NO2S2. The summed E-state index contributed by atoms with van der Waals surface area (Å²) in [5, 5.41) is 2.62. The van der Waals surface area contributed by atoms with Gasteiger partial charge in [-0.2, -0.15) is 26.3 Å². The molecule has 236 valence electrons. The van der Waals surface area contributed by atoms with E-state index in [1.165, 1.54) is 35.7 Å². The minimum Gasteiger partial charge on any atom is -0.444 e. The van der Waals surface area contributed by atoms with Crippen LogP contribution in [0, 0.1) is 0 Å². The van der Waals surface area contributed by atoms with Gasteiger partial charge in [-0.3, -0.25) is 5.32 Å². The predicted molar refractivity (Wildman–Crippen MR) is 170 cm³/mol. The number of allylic oxidation sites excluding steroid dienone is 4. The number of hydrogen-bond donors (Lipinski definition) is 1. The largest absolute Gasteiger partial charge is 0.444 e. The number of carbonyl (C=O) groups is 1. The van der Waals surface area contributed by atoms with Crippen LogP contribution < -0.4 is 5.32 Å². The molecule has 11 heteroatoms. The van der Waals surface area contributed by atoms with Gasteiger partial charge in [0.2, 0.25) is 0 Å². The maximum atomic E-state index is 15.6. The maximum absolute atomic E-state index is 15.6. The van der Waals surface area contributed by atoms with Crippen LogP contribution in [0.2, 0.25) is 0 Å². The Balaban J connectivity index is 1.25. The quantitative estimate of drug-likeness (QED) is 0.275. The lowest BCUT2D eigenvalue weighted by Crippen LogP contribution is -2.48. The highest BCUT2D eigenvalue weighted by Crippen LogP contribution is 2.75. The number of benzene rings is 3. The Morgan fingerprint density at radius 1 is 0.674 bits per heavy atom. The number of carbonyl (C=O) groups excluding carboxylic acids is 1.